The number of benzene rings is 1. The number of hydrogen-bond donors (Lipinski definition) is 1. The summed E-state index contributed by atoms with van der Waals surface area (Å²) in [4.78, 5) is 10.7. The van der Waals surface area contributed by atoms with Crippen LogP contribution < -0.4 is 15.0 Å². The van der Waals surface area contributed by atoms with Crippen LogP contribution in [0.15, 0.2) is 36.7 Å². The lowest BCUT2D eigenvalue weighted by Crippen LogP contribution is -2.17. The summed E-state index contributed by atoms with van der Waals surface area (Å²) in [5.41, 5.74) is 2.04. The molecule has 0 atom stereocenters. The van der Waals surface area contributed by atoms with Crippen molar-refractivity contribution < 1.29 is 4.74 Å². The van der Waals surface area contributed by atoms with E-state index in [2.05, 4.69) is 20.2 Å². The number of ether oxygens (including phenoxy) is 1. The highest BCUT2D eigenvalue weighted by Crippen LogP contribution is 2.19. The molecule has 19 heavy (non-hydrogen) atoms. The van der Waals surface area contributed by atoms with Crippen LogP contribution in [0.4, 0.5) is 11.5 Å². The van der Waals surface area contributed by atoms with E-state index in [1.807, 2.05) is 38.4 Å². The van der Waals surface area contributed by atoms with Crippen molar-refractivity contribution in [1.82, 2.24) is 9.97 Å². The fourth-order valence-corrected chi connectivity index (χ4v) is 1.74. The zero-order chi connectivity index (χ0) is 13.7. The molecule has 1 aromatic heterocycles. The zero-order valence-electron chi connectivity index (χ0n) is 11.4. The molecular weight excluding hydrogens is 240 g/mol. The lowest BCUT2D eigenvalue weighted by molar-refractivity contribution is 0.415. The van der Waals surface area contributed by atoms with E-state index < -0.39 is 0 Å². The van der Waals surface area contributed by atoms with Gasteiger partial charge in [-0.2, -0.15) is 0 Å². The van der Waals surface area contributed by atoms with Gasteiger partial charge in [0.05, 0.1) is 31.7 Å². The quantitative estimate of drug-likeness (QED) is 0.890. The molecule has 5 nitrogen and oxygen atoms in total. The maximum atomic E-state index is 5.14. The monoisotopic (exact) mass is 258 g/mol. The molecule has 0 aliphatic carbocycles. The topological polar surface area (TPSA) is 50.3 Å². The number of nitrogens with zero attached hydrogens (tertiary/aromatic N) is 3. The van der Waals surface area contributed by atoms with Crippen LogP contribution in [-0.4, -0.2) is 31.2 Å². The van der Waals surface area contributed by atoms with E-state index >= 15 is 0 Å². The number of hydrogen-bond acceptors (Lipinski definition) is 5. The van der Waals surface area contributed by atoms with Crippen molar-refractivity contribution in [1.29, 1.82) is 0 Å². The second kappa shape index (κ2) is 6.04. The first-order valence-corrected chi connectivity index (χ1v) is 6.07. The standard InChI is InChI=1S/C14H18N4O/c1-15-14-9-16-11(8-17-14)10-18(2)12-4-6-13(19-3)7-5-12/h4-9H,10H2,1-3H3,(H,15,17). The van der Waals surface area contributed by atoms with Crippen LogP contribution >= 0.6 is 0 Å². The van der Waals surface area contributed by atoms with Crippen molar-refractivity contribution in [3.63, 3.8) is 0 Å². The largest absolute Gasteiger partial charge is 0.497 e. The van der Waals surface area contributed by atoms with E-state index in [-0.39, 0.29) is 0 Å². The van der Waals surface area contributed by atoms with Gasteiger partial charge in [0.15, 0.2) is 0 Å². The van der Waals surface area contributed by atoms with Crippen molar-refractivity contribution in [2.75, 3.05) is 31.4 Å². The Morgan fingerprint density at radius 1 is 1.16 bits per heavy atom. The predicted molar refractivity (Wildman–Crippen MR) is 76.7 cm³/mol. The van der Waals surface area contributed by atoms with Gasteiger partial charge in [0.1, 0.15) is 11.6 Å². The van der Waals surface area contributed by atoms with Crippen LogP contribution in [0, 0.1) is 0 Å². The third kappa shape index (κ3) is 3.34. The van der Waals surface area contributed by atoms with Gasteiger partial charge in [-0.05, 0) is 24.3 Å². The lowest BCUT2D eigenvalue weighted by atomic mass is 10.2. The smallest absolute Gasteiger partial charge is 0.144 e. The second-order valence-corrected chi connectivity index (χ2v) is 4.20. The highest BCUT2D eigenvalue weighted by molar-refractivity contribution is 5.48. The van der Waals surface area contributed by atoms with Gasteiger partial charge in [-0.1, -0.05) is 0 Å². The molecule has 0 aliphatic rings. The molecule has 0 amide bonds. The van der Waals surface area contributed by atoms with Crippen LogP contribution in [0.5, 0.6) is 5.75 Å². The summed E-state index contributed by atoms with van der Waals surface area (Å²) in [5, 5.41) is 2.95. The van der Waals surface area contributed by atoms with Gasteiger partial charge in [0, 0.05) is 19.8 Å². The van der Waals surface area contributed by atoms with Gasteiger partial charge in [-0.15, -0.1) is 0 Å². The molecule has 2 aromatic rings. The number of methoxy groups -OCH3 is 1. The molecule has 1 N–H and O–H groups in total. The van der Waals surface area contributed by atoms with E-state index in [1.165, 1.54) is 0 Å². The fraction of sp³-hybridized carbons (Fsp3) is 0.286. The second-order valence-electron chi connectivity index (χ2n) is 4.20. The average Bonchev–Trinajstić information content (AvgIpc) is 2.48. The zero-order valence-corrected chi connectivity index (χ0v) is 11.4. The summed E-state index contributed by atoms with van der Waals surface area (Å²) in [7, 11) is 5.51. The minimum Gasteiger partial charge on any atom is -0.497 e. The first-order valence-electron chi connectivity index (χ1n) is 6.07. The molecule has 0 unspecified atom stereocenters. The molecule has 0 radical (unpaired) electrons. The van der Waals surface area contributed by atoms with Crippen LogP contribution in [0.25, 0.3) is 0 Å². The summed E-state index contributed by atoms with van der Waals surface area (Å²) in [5.74, 6) is 1.63. The van der Waals surface area contributed by atoms with Crippen molar-refractivity contribution in [2.45, 2.75) is 6.54 Å². The van der Waals surface area contributed by atoms with E-state index in [4.69, 9.17) is 4.74 Å². The van der Waals surface area contributed by atoms with Gasteiger partial charge in [0.2, 0.25) is 0 Å². The molecule has 0 aliphatic heterocycles. The maximum Gasteiger partial charge on any atom is 0.144 e. The summed E-state index contributed by atoms with van der Waals surface area (Å²) >= 11 is 0. The SMILES string of the molecule is CNc1cnc(CN(C)c2ccc(OC)cc2)cn1. The molecule has 2 rings (SSSR count). The number of rotatable bonds is 5. The van der Waals surface area contributed by atoms with Crippen molar-refractivity contribution >= 4 is 11.5 Å². The summed E-state index contributed by atoms with van der Waals surface area (Å²) in [6, 6.07) is 7.94. The molecule has 5 heteroatoms. The highest BCUT2D eigenvalue weighted by atomic mass is 16.5. The van der Waals surface area contributed by atoms with Crippen molar-refractivity contribution in [3.8, 4) is 5.75 Å². The minimum absolute atomic E-state index is 0.712. The number of anilines is 2. The normalized spacial score (nSPS) is 10.1. The first kappa shape index (κ1) is 13.1. The van der Waals surface area contributed by atoms with Gasteiger partial charge >= 0.3 is 0 Å². The number of nitrogens with one attached hydrogen (secondary N) is 1. The molecule has 0 saturated carbocycles. The number of aromatic nitrogens is 2. The third-order valence-corrected chi connectivity index (χ3v) is 2.87. The van der Waals surface area contributed by atoms with E-state index in [1.54, 1.807) is 19.5 Å². The Kier molecular flexibility index (Phi) is 4.18. The van der Waals surface area contributed by atoms with Gasteiger partial charge in [-0.3, -0.25) is 4.98 Å². The Bertz CT molecular complexity index is 510. The first-order chi connectivity index (χ1) is 9.22. The van der Waals surface area contributed by atoms with Gasteiger partial charge < -0.3 is 15.0 Å². The van der Waals surface area contributed by atoms with Crippen molar-refractivity contribution in [3.05, 3.63) is 42.4 Å². The molecule has 0 bridgehead atoms. The molecule has 0 saturated heterocycles. The maximum absolute atomic E-state index is 5.14. The van der Waals surface area contributed by atoms with Crippen LogP contribution in [0.2, 0.25) is 0 Å². The van der Waals surface area contributed by atoms with Crippen LogP contribution in [-0.2, 0) is 6.54 Å². The Morgan fingerprint density at radius 3 is 2.42 bits per heavy atom. The minimum atomic E-state index is 0.712. The summed E-state index contributed by atoms with van der Waals surface area (Å²) in [6.45, 7) is 0.712. The molecule has 1 aromatic carbocycles. The summed E-state index contributed by atoms with van der Waals surface area (Å²) in [6.07, 6.45) is 3.52. The van der Waals surface area contributed by atoms with Crippen molar-refractivity contribution in [2.24, 2.45) is 0 Å². The van der Waals surface area contributed by atoms with Gasteiger partial charge in [0.25, 0.3) is 0 Å². The molecule has 100 valence electrons. The highest BCUT2D eigenvalue weighted by Gasteiger charge is 2.04. The average molecular weight is 258 g/mol. The molecule has 0 spiro atoms. The Hall–Kier alpha value is -2.30. The predicted octanol–water partition coefficient (Wildman–Crippen LogP) is 2.16. The Labute approximate surface area is 113 Å². The van der Waals surface area contributed by atoms with E-state index in [9.17, 15) is 0 Å². The Morgan fingerprint density at radius 2 is 1.89 bits per heavy atom. The fourth-order valence-electron chi connectivity index (χ4n) is 1.74. The van der Waals surface area contributed by atoms with E-state index in [0.717, 1.165) is 22.9 Å². The molecular formula is C14H18N4O. The summed E-state index contributed by atoms with van der Waals surface area (Å²) < 4.78 is 5.14. The van der Waals surface area contributed by atoms with E-state index in [0.29, 0.717) is 6.54 Å². The molecule has 1 heterocycles. The van der Waals surface area contributed by atoms with Crippen LogP contribution in [0.3, 0.4) is 0 Å². The lowest BCUT2D eigenvalue weighted by Gasteiger charge is -2.19. The van der Waals surface area contributed by atoms with Gasteiger partial charge in [-0.25, -0.2) is 4.98 Å². The van der Waals surface area contributed by atoms with Crippen LogP contribution in [0.1, 0.15) is 5.69 Å². The molecule has 0 fully saturated rings. The third-order valence-electron chi connectivity index (χ3n) is 2.87. The Balaban J connectivity index is 2.04.